The predicted octanol–water partition coefficient (Wildman–Crippen LogP) is 5.40. The van der Waals surface area contributed by atoms with Gasteiger partial charge in [0.05, 0.1) is 18.7 Å². The average Bonchev–Trinajstić information content (AvgIpc) is 3.37. The molecule has 0 bridgehead atoms. The van der Waals surface area contributed by atoms with E-state index in [1.54, 1.807) is 7.11 Å². The molecule has 8 heteroatoms. The van der Waals surface area contributed by atoms with Crippen molar-refractivity contribution < 1.29 is 14.0 Å². The number of thiocarbonyl (C=S) groups is 1. The molecule has 1 atom stereocenters. The van der Waals surface area contributed by atoms with E-state index in [2.05, 4.69) is 41.4 Å². The Labute approximate surface area is 212 Å². The Bertz CT molecular complexity index is 1190. The first kappa shape index (κ1) is 24.9. The van der Waals surface area contributed by atoms with E-state index in [0.29, 0.717) is 30.0 Å². The van der Waals surface area contributed by atoms with Crippen molar-refractivity contribution in [2.75, 3.05) is 26.9 Å². The third-order valence-electron chi connectivity index (χ3n) is 6.17. The van der Waals surface area contributed by atoms with Gasteiger partial charge in [-0.15, -0.1) is 0 Å². The topological polar surface area (TPSA) is 72.7 Å². The van der Waals surface area contributed by atoms with Crippen molar-refractivity contribution in [2.45, 2.75) is 39.7 Å². The maximum absolute atomic E-state index is 5.84. The Morgan fingerprint density at radius 2 is 1.94 bits per heavy atom. The van der Waals surface area contributed by atoms with Crippen LogP contribution in [0.2, 0.25) is 0 Å². The first-order valence-corrected chi connectivity index (χ1v) is 12.4. The van der Waals surface area contributed by atoms with Crippen LogP contribution in [0.15, 0.2) is 58.8 Å². The lowest BCUT2D eigenvalue weighted by Crippen LogP contribution is -2.46. The molecule has 1 aliphatic rings. The predicted molar refractivity (Wildman–Crippen MR) is 141 cm³/mol. The van der Waals surface area contributed by atoms with Crippen molar-refractivity contribution in [1.82, 2.24) is 20.4 Å². The molecule has 0 amide bonds. The minimum Gasteiger partial charge on any atom is -0.497 e. The molecule has 1 aliphatic heterocycles. The number of hydrogen-bond acceptors (Lipinski definition) is 6. The van der Waals surface area contributed by atoms with Crippen LogP contribution in [0.1, 0.15) is 50.3 Å². The highest BCUT2D eigenvalue weighted by atomic mass is 32.1. The van der Waals surface area contributed by atoms with Gasteiger partial charge >= 0.3 is 0 Å². The number of methoxy groups -OCH3 is 1. The van der Waals surface area contributed by atoms with Gasteiger partial charge < -0.3 is 24.2 Å². The van der Waals surface area contributed by atoms with E-state index in [1.807, 2.05) is 43.3 Å². The van der Waals surface area contributed by atoms with Crippen LogP contribution in [0.25, 0.3) is 17.0 Å². The summed E-state index contributed by atoms with van der Waals surface area (Å²) in [7, 11) is 1.66. The molecule has 0 fully saturated rings. The van der Waals surface area contributed by atoms with Gasteiger partial charge in [-0.05, 0) is 62.2 Å². The van der Waals surface area contributed by atoms with E-state index in [4.69, 9.17) is 31.2 Å². The van der Waals surface area contributed by atoms with E-state index < -0.39 is 0 Å². The third-order valence-corrected chi connectivity index (χ3v) is 6.51. The van der Waals surface area contributed by atoms with Crippen molar-refractivity contribution >= 4 is 22.9 Å². The van der Waals surface area contributed by atoms with E-state index in [-0.39, 0.29) is 6.04 Å². The number of rotatable bonds is 10. The second kappa shape index (κ2) is 11.5. The third kappa shape index (κ3) is 5.55. The molecule has 4 rings (SSSR count). The molecule has 35 heavy (non-hydrogen) atoms. The highest BCUT2D eigenvalue weighted by Crippen LogP contribution is 2.38. The molecule has 0 spiro atoms. The zero-order valence-corrected chi connectivity index (χ0v) is 21.5. The van der Waals surface area contributed by atoms with Crippen molar-refractivity contribution in [3.8, 4) is 17.1 Å². The quantitative estimate of drug-likeness (QED) is 0.298. The van der Waals surface area contributed by atoms with Gasteiger partial charge in [-0.25, -0.2) is 0 Å². The highest BCUT2D eigenvalue weighted by molar-refractivity contribution is 7.80. The van der Waals surface area contributed by atoms with Crippen LogP contribution in [0.4, 0.5) is 0 Å². The molecule has 1 N–H and O–H groups in total. The molecule has 2 heterocycles. The second-order valence-corrected chi connectivity index (χ2v) is 8.72. The molecule has 1 aromatic heterocycles. The number of aromatic nitrogens is 2. The summed E-state index contributed by atoms with van der Waals surface area (Å²) in [6.07, 6.45) is 1.83. The summed E-state index contributed by atoms with van der Waals surface area (Å²) < 4.78 is 16.8. The monoisotopic (exact) mass is 492 g/mol. The second-order valence-electron chi connectivity index (χ2n) is 8.33. The molecule has 0 aliphatic carbocycles. The largest absolute Gasteiger partial charge is 0.497 e. The molecule has 0 saturated carbocycles. The fraction of sp³-hybridized carbons (Fsp3) is 0.370. The van der Waals surface area contributed by atoms with Crippen LogP contribution in [0.3, 0.4) is 0 Å². The fourth-order valence-electron chi connectivity index (χ4n) is 4.21. The Hall–Kier alpha value is -3.23. The number of benzene rings is 2. The van der Waals surface area contributed by atoms with Gasteiger partial charge in [0, 0.05) is 31.0 Å². The smallest absolute Gasteiger partial charge is 0.258 e. The van der Waals surface area contributed by atoms with Gasteiger partial charge in [-0.3, -0.25) is 0 Å². The van der Waals surface area contributed by atoms with Crippen molar-refractivity contribution in [3.05, 3.63) is 71.2 Å². The maximum Gasteiger partial charge on any atom is 0.258 e. The lowest BCUT2D eigenvalue weighted by molar-refractivity contribution is 0.141. The molecule has 1 unspecified atom stereocenters. The van der Waals surface area contributed by atoms with Gasteiger partial charge in [-0.1, -0.05) is 48.5 Å². The van der Waals surface area contributed by atoms with Crippen LogP contribution in [0, 0.1) is 0 Å². The van der Waals surface area contributed by atoms with Crippen molar-refractivity contribution in [1.29, 1.82) is 0 Å². The van der Waals surface area contributed by atoms with Crippen LogP contribution in [-0.4, -0.2) is 47.0 Å². The van der Waals surface area contributed by atoms with E-state index in [0.717, 1.165) is 47.5 Å². The summed E-state index contributed by atoms with van der Waals surface area (Å²) in [5, 5.41) is 8.45. The first-order chi connectivity index (χ1) is 17.0. The van der Waals surface area contributed by atoms with E-state index in [9.17, 15) is 0 Å². The van der Waals surface area contributed by atoms with Gasteiger partial charge in [0.1, 0.15) is 5.75 Å². The normalized spacial score (nSPS) is 15.9. The van der Waals surface area contributed by atoms with Crippen molar-refractivity contribution in [2.24, 2.45) is 0 Å². The Morgan fingerprint density at radius 1 is 1.14 bits per heavy atom. The molecule has 3 aromatic rings. The minimum absolute atomic E-state index is 0.253. The lowest BCUT2D eigenvalue weighted by atomic mass is 9.94. The van der Waals surface area contributed by atoms with Gasteiger partial charge in [0.2, 0.25) is 5.82 Å². The zero-order chi connectivity index (χ0) is 24.8. The number of ether oxygens (including phenoxy) is 2. The standard InChI is InChI=1S/C27H32N4O3S/c1-5-19-11-13-20(14-12-19)25-29-26(34-30-25)23-18(3)31(15-8-16-33-6-2)27(35)28-24(23)21-9-7-10-22(17-21)32-4/h7,9-14,17,24H,5-6,8,15-16H2,1-4H3,(H,28,35). The molecule has 0 radical (unpaired) electrons. The van der Waals surface area contributed by atoms with Crippen LogP contribution in [-0.2, 0) is 11.2 Å². The van der Waals surface area contributed by atoms with Gasteiger partial charge in [0.15, 0.2) is 5.11 Å². The fourth-order valence-corrected chi connectivity index (χ4v) is 4.55. The van der Waals surface area contributed by atoms with Crippen LogP contribution >= 0.6 is 12.2 Å². The molecular weight excluding hydrogens is 460 g/mol. The van der Waals surface area contributed by atoms with Gasteiger partial charge in [0.25, 0.3) is 5.89 Å². The zero-order valence-electron chi connectivity index (χ0n) is 20.7. The summed E-state index contributed by atoms with van der Waals surface area (Å²) in [5.41, 5.74) is 5.06. The Morgan fingerprint density at radius 3 is 2.66 bits per heavy atom. The number of nitrogens with one attached hydrogen (secondary N) is 1. The maximum atomic E-state index is 5.84. The number of allylic oxidation sites excluding steroid dienone is 1. The lowest BCUT2D eigenvalue weighted by Gasteiger charge is -2.37. The Kier molecular flexibility index (Phi) is 8.15. The first-order valence-electron chi connectivity index (χ1n) is 12.0. The van der Waals surface area contributed by atoms with Crippen LogP contribution in [0.5, 0.6) is 5.75 Å². The molecule has 0 saturated heterocycles. The molecule has 2 aromatic carbocycles. The number of hydrogen-bond donors (Lipinski definition) is 1. The number of nitrogens with zero attached hydrogens (tertiary/aromatic N) is 3. The SMILES string of the molecule is CCOCCCN1C(=S)NC(c2cccc(OC)c2)C(c2nc(-c3ccc(CC)cc3)no2)=C1C. The summed E-state index contributed by atoms with van der Waals surface area (Å²) in [5.74, 6) is 1.80. The molecule has 7 nitrogen and oxygen atoms in total. The molecule has 184 valence electrons. The summed E-state index contributed by atoms with van der Waals surface area (Å²) in [6, 6.07) is 15.9. The highest BCUT2D eigenvalue weighted by Gasteiger charge is 2.34. The minimum atomic E-state index is -0.253. The summed E-state index contributed by atoms with van der Waals surface area (Å²) in [4.78, 5) is 6.88. The van der Waals surface area contributed by atoms with Crippen LogP contribution < -0.4 is 10.1 Å². The van der Waals surface area contributed by atoms with E-state index >= 15 is 0 Å². The van der Waals surface area contributed by atoms with Gasteiger partial charge in [-0.2, -0.15) is 4.98 Å². The number of aryl methyl sites for hydroxylation is 1. The van der Waals surface area contributed by atoms with Crippen molar-refractivity contribution in [3.63, 3.8) is 0 Å². The van der Waals surface area contributed by atoms with E-state index in [1.165, 1.54) is 5.56 Å². The summed E-state index contributed by atoms with van der Waals surface area (Å²) >= 11 is 5.77. The average molecular weight is 493 g/mol. The molecular formula is C27H32N4O3S. The Balaban J connectivity index is 1.73. The summed E-state index contributed by atoms with van der Waals surface area (Å²) in [6.45, 7) is 8.29.